The summed E-state index contributed by atoms with van der Waals surface area (Å²) in [5.41, 5.74) is 1.00. The summed E-state index contributed by atoms with van der Waals surface area (Å²) in [6.45, 7) is 3.57. The molecular weight excluding hydrogens is 400 g/mol. The molecule has 1 aromatic heterocycles. The topological polar surface area (TPSA) is 56.8 Å². The molecule has 0 saturated carbocycles. The number of benzene rings is 1. The molecule has 1 atom stereocenters. The normalized spacial score (nSPS) is 19.2. The van der Waals surface area contributed by atoms with Gasteiger partial charge in [-0.05, 0) is 36.6 Å². The van der Waals surface area contributed by atoms with Crippen LogP contribution in [0.3, 0.4) is 0 Å². The minimum atomic E-state index is 0.0169. The van der Waals surface area contributed by atoms with Crippen molar-refractivity contribution in [2.24, 2.45) is 0 Å². The highest BCUT2D eigenvalue weighted by Crippen LogP contribution is 2.36. The lowest BCUT2D eigenvalue weighted by atomic mass is 10.0. The zero-order valence-electron chi connectivity index (χ0n) is 17.0. The molecule has 2 saturated heterocycles. The maximum atomic E-state index is 12.9. The van der Waals surface area contributed by atoms with Gasteiger partial charge in [-0.3, -0.25) is 9.59 Å². The summed E-state index contributed by atoms with van der Waals surface area (Å²) < 4.78 is 0. The Kier molecular flexibility index (Phi) is 6.53. The van der Waals surface area contributed by atoms with Crippen molar-refractivity contribution in [3.8, 4) is 0 Å². The van der Waals surface area contributed by atoms with Gasteiger partial charge in [0.1, 0.15) is 5.82 Å². The number of rotatable bonds is 5. The Labute approximate surface area is 182 Å². The number of pyridine rings is 1. The third kappa shape index (κ3) is 4.59. The van der Waals surface area contributed by atoms with E-state index in [2.05, 4.69) is 9.88 Å². The number of halogens is 1. The maximum Gasteiger partial charge on any atom is 0.223 e. The van der Waals surface area contributed by atoms with Crippen molar-refractivity contribution in [1.82, 2.24) is 14.8 Å². The second-order valence-corrected chi connectivity index (χ2v) is 8.23. The smallest absolute Gasteiger partial charge is 0.223 e. The predicted octanol–water partition coefficient (Wildman–Crippen LogP) is 3.53. The minimum absolute atomic E-state index is 0.0169. The number of carbonyl (C=O) groups is 2. The Morgan fingerprint density at radius 1 is 0.933 bits per heavy atom. The van der Waals surface area contributed by atoms with Gasteiger partial charge in [-0.25, -0.2) is 4.98 Å². The van der Waals surface area contributed by atoms with Gasteiger partial charge in [0.05, 0.1) is 6.04 Å². The van der Waals surface area contributed by atoms with Crippen molar-refractivity contribution in [2.75, 3.05) is 37.6 Å². The molecule has 3 heterocycles. The second kappa shape index (κ2) is 9.47. The SMILES string of the molecule is O=C(CCC(=O)N1CCC[C@H]1c1ccccc1Cl)N1CCN(c2ccccn2)CC1. The van der Waals surface area contributed by atoms with Crippen LogP contribution in [0.4, 0.5) is 5.82 Å². The third-order valence-electron chi connectivity index (χ3n) is 6.00. The molecule has 2 aliphatic heterocycles. The van der Waals surface area contributed by atoms with E-state index in [4.69, 9.17) is 11.6 Å². The number of anilines is 1. The first-order chi connectivity index (χ1) is 14.6. The van der Waals surface area contributed by atoms with Crippen LogP contribution in [0.5, 0.6) is 0 Å². The highest BCUT2D eigenvalue weighted by Gasteiger charge is 2.31. The summed E-state index contributed by atoms with van der Waals surface area (Å²) in [4.78, 5) is 35.9. The first kappa shape index (κ1) is 20.7. The Hall–Kier alpha value is -2.60. The molecule has 0 radical (unpaired) electrons. The molecule has 7 heteroatoms. The number of hydrogen-bond acceptors (Lipinski definition) is 4. The van der Waals surface area contributed by atoms with E-state index in [0.717, 1.165) is 43.9 Å². The van der Waals surface area contributed by atoms with Crippen LogP contribution >= 0.6 is 11.6 Å². The molecule has 2 fully saturated rings. The van der Waals surface area contributed by atoms with Crippen LogP contribution in [-0.2, 0) is 9.59 Å². The van der Waals surface area contributed by atoms with Crippen LogP contribution in [0.15, 0.2) is 48.7 Å². The molecule has 6 nitrogen and oxygen atoms in total. The van der Waals surface area contributed by atoms with Gasteiger partial charge in [0.15, 0.2) is 0 Å². The van der Waals surface area contributed by atoms with Crippen molar-refractivity contribution >= 4 is 29.2 Å². The molecule has 2 aliphatic rings. The number of piperazine rings is 1. The number of nitrogens with zero attached hydrogens (tertiary/aromatic N) is 4. The number of amides is 2. The molecule has 158 valence electrons. The van der Waals surface area contributed by atoms with Gasteiger partial charge in [0.25, 0.3) is 0 Å². The standard InChI is InChI=1S/C23H27ClN4O2/c24-19-7-2-1-6-18(19)20-8-5-13-28(20)23(30)11-10-22(29)27-16-14-26(15-17-27)21-9-3-4-12-25-21/h1-4,6-7,9,12,20H,5,8,10-11,13-17H2/t20-/m0/s1. The van der Waals surface area contributed by atoms with Crippen LogP contribution in [0.25, 0.3) is 0 Å². The molecule has 4 rings (SSSR count). The van der Waals surface area contributed by atoms with E-state index in [1.165, 1.54) is 0 Å². The van der Waals surface area contributed by atoms with Crippen molar-refractivity contribution in [3.63, 3.8) is 0 Å². The van der Waals surface area contributed by atoms with E-state index in [1.807, 2.05) is 52.3 Å². The number of likely N-dealkylation sites (tertiary alicyclic amines) is 1. The summed E-state index contributed by atoms with van der Waals surface area (Å²) >= 11 is 6.35. The highest BCUT2D eigenvalue weighted by atomic mass is 35.5. The monoisotopic (exact) mass is 426 g/mol. The van der Waals surface area contributed by atoms with Crippen LogP contribution in [0, 0.1) is 0 Å². The first-order valence-electron chi connectivity index (χ1n) is 10.6. The van der Waals surface area contributed by atoms with E-state index in [0.29, 0.717) is 18.1 Å². The zero-order chi connectivity index (χ0) is 20.9. The quantitative estimate of drug-likeness (QED) is 0.733. The largest absolute Gasteiger partial charge is 0.353 e. The number of hydrogen-bond donors (Lipinski definition) is 0. The summed E-state index contributed by atoms with van der Waals surface area (Å²) in [6.07, 6.45) is 4.17. The van der Waals surface area contributed by atoms with Gasteiger partial charge in [-0.15, -0.1) is 0 Å². The predicted molar refractivity (Wildman–Crippen MR) is 117 cm³/mol. The van der Waals surface area contributed by atoms with E-state index < -0.39 is 0 Å². The molecule has 0 unspecified atom stereocenters. The number of aromatic nitrogens is 1. The van der Waals surface area contributed by atoms with Gasteiger partial charge in [-0.1, -0.05) is 35.9 Å². The van der Waals surface area contributed by atoms with Gasteiger partial charge in [-0.2, -0.15) is 0 Å². The fraction of sp³-hybridized carbons (Fsp3) is 0.435. The van der Waals surface area contributed by atoms with Gasteiger partial charge in [0.2, 0.25) is 11.8 Å². The van der Waals surface area contributed by atoms with Gasteiger partial charge >= 0.3 is 0 Å². The van der Waals surface area contributed by atoms with Crippen LogP contribution < -0.4 is 4.90 Å². The Morgan fingerprint density at radius 3 is 2.40 bits per heavy atom. The lowest BCUT2D eigenvalue weighted by Crippen LogP contribution is -2.49. The number of carbonyl (C=O) groups excluding carboxylic acids is 2. The molecule has 0 aliphatic carbocycles. The first-order valence-corrected chi connectivity index (χ1v) is 11.0. The van der Waals surface area contributed by atoms with E-state index >= 15 is 0 Å². The van der Waals surface area contributed by atoms with Crippen molar-refractivity contribution in [2.45, 2.75) is 31.7 Å². The summed E-state index contributed by atoms with van der Waals surface area (Å²) in [6, 6.07) is 13.6. The molecular formula is C23H27ClN4O2. The molecule has 2 amide bonds. The zero-order valence-corrected chi connectivity index (χ0v) is 17.8. The fourth-order valence-corrected chi connectivity index (χ4v) is 4.64. The van der Waals surface area contributed by atoms with Crippen molar-refractivity contribution in [3.05, 3.63) is 59.2 Å². The molecule has 0 bridgehead atoms. The molecule has 30 heavy (non-hydrogen) atoms. The summed E-state index contributed by atoms with van der Waals surface area (Å²) in [7, 11) is 0. The molecule has 0 spiro atoms. The van der Waals surface area contributed by atoms with Crippen LogP contribution in [-0.4, -0.2) is 59.3 Å². The summed E-state index contributed by atoms with van der Waals surface area (Å²) in [5, 5.41) is 0.698. The Morgan fingerprint density at radius 2 is 1.67 bits per heavy atom. The highest BCUT2D eigenvalue weighted by molar-refractivity contribution is 6.31. The third-order valence-corrected chi connectivity index (χ3v) is 6.34. The van der Waals surface area contributed by atoms with Crippen LogP contribution in [0.1, 0.15) is 37.3 Å². The fourth-order valence-electron chi connectivity index (χ4n) is 4.38. The molecule has 2 aromatic rings. The van der Waals surface area contributed by atoms with E-state index in [-0.39, 0.29) is 30.7 Å². The minimum Gasteiger partial charge on any atom is -0.353 e. The second-order valence-electron chi connectivity index (χ2n) is 7.82. The average molecular weight is 427 g/mol. The van der Waals surface area contributed by atoms with Gasteiger partial charge in [0, 0.05) is 56.8 Å². The van der Waals surface area contributed by atoms with Crippen molar-refractivity contribution < 1.29 is 9.59 Å². The Balaban J connectivity index is 1.28. The van der Waals surface area contributed by atoms with E-state index in [1.54, 1.807) is 6.20 Å². The Bertz CT molecular complexity index is 884. The van der Waals surface area contributed by atoms with Crippen molar-refractivity contribution in [1.29, 1.82) is 0 Å². The average Bonchev–Trinajstić information content (AvgIpc) is 3.28. The van der Waals surface area contributed by atoms with Crippen LogP contribution in [0.2, 0.25) is 5.02 Å². The lowest BCUT2D eigenvalue weighted by molar-refractivity contribution is -0.137. The summed E-state index contributed by atoms with van der Waals surface area (Å²) in [5.74, 6) is 1.04. The molecule has 0 N–H and O–H groups in total. The van der Waals surface area contributed by atoms with E-state index in [9.17, 15) is 9.59 Å². The lowest BCUT2D eigenvalue weighted by Gasteiger charge is -2.35. The maximum absolute atomic E-state index is 12.9. The molecule has 1 aromatic carbocycles. The van der Waals surface area contributed by atoms with Gasteiger partial charge < -0.3 is 14.7 Å².